The maximum absolute atomic E-state index is 12.1. The number of nitrogens with one attached hydrogen (secondary N) is 2. The molecule has 0 saturated heterocycles. The number of amides is 1. The molecular weight excluding hydrogens is 336 g/mol. The summed E-state index contributed by atoms with van der Waals surface area (Å²) < 4.78 is 15.7. The summed E-state index contributed by atoms with van der Waals surface area (Å²) in [5, 5.41) is 5.71. The highest BCUT2D eigenvalue weighted by Gasteiger charge is 2.18. The SMILES string of the molecule is CNc1ccccc1C(=O)OCC(=O)N[C@@H](C)c1ccc2c(c1)OCO2. The summed E-state index contributed by atoms with van der Waals surface area (Å²) in [7, 11) is 1.71. The average molecular weight is 356 g/mol. The number of hydrogen-bond acceptors (Lipinski definition) is 6. The third-order valence-electron chi connectivity index (χ3n) is 4.02. The van der Waals surface area contributed by atoms with Gasteiger partial charge in [-0.05, 0) is 36.8 Å². The molecule has 2 aromatic carbocycles. The van der Waals surface area contributed by atoms with Gasteiger partial charge in [-0.1, -0.05) is 18.2 Å². The molecule has 0 spiro atoms. The fourth-order valence-corrected chi connectivity index (χ4v) is 2.64. The zero-order chi connectivity index (χ0) is 18.5. The summed E-state index contributed by atoms with van der Waals surface area (Å²) in [5.41, 5.74) is 1.90. The van der Waals surface area contributed by atoms with Gasteiger partial charge in [0.25, 0.3) is 5.91 Å². The monoisotopic (exact) mass is 356 g/mol. The summed E-state index contributed by atoms with van der Waals surface area (Å²) in [6.07, 6.45) is 0. The second-order valence-electron chi connectivity index (χ2n) is 5.77. The van der Waals surface area contributed by atoms with E-state index in [1.54, 1.807) is 31.3 Å². The Kier molecular flexibility index (Phi) is 5.26. The van der Waals surface area contributed by atoms with Crippen LogP contribution < -0.4 is 20.1 Å². The molecule has 0 saturated carbocycles. The smallest absolute Gasteiger partial charge is 0.340 e. The van der Waals surface area contributed by atoms with E-state index < -0.39 is 5.97 Å². The second-order valence-corrected chi connectivity index (χ2v) is 5.77. The summed E-state index contributed by atoms with van der Waals surface area (Å²) in [6.45, 7) is 1.68. The first-order valence-electron chi connectivity index (χ1n) is 8.21. The predicted octanol–water partition coefficient (Wildman–Crippen LogP) is 2.49. The number of carbonyl (C=O) groups is 2. The van der Waals surface area contributed by atoms with Gasteiger partial charge in [0.2, 0.25) is 6.79 Å². The van der Waals surface area contributed by atoms with Gasteiger partial charge in [-0.3, -0.25) is 4.79 Å². The molecule has 26 heavy (non-hydrogen) atoms. The Bertz CT molecular complexity index is 821. The van der Waals surface area contributed by atoms with E-state index in [-0.39, 0.29) is 25.3 Å². The minimum atomic E-state index is -0.555. The van der Waals surface area contributed by atoms with E-state index in [4.69, 9.17) is 14.2 Å². The number of hydrogen-bond donors (Lipinski definition) is 2. The van der Waals surface area contributed by atoms with Crippen molar-refractivity contribution in [3.05, 3.63) is 53.6 Å². The van der Waals surface area contributed by atoms with E-state index in [0.717, 1.165) is 5.56 Å². The molecule has 7 nitrogen and oxygen atoms in total. The molecule has 1 heterocycles. The molecule has 0 bridgehead atoms. The summed E-state index contributed by atoms with van der Waals surface area (Å²) in [6, 6.07) is 12.2. The van der Waals surface area contributed by atoms with Crippen LogP contribution in [0.25, 0.3) is 0 Å². The van der Waals surface area contributed by atoms with E-state index in [1.165, 1.54) is 0 Å². The normalized spacial score (nSPS) is 13.0. The summed E-state index contributed by atoms with van der Waals surface area (Å²) in [5.74, 6) is 0.398. The van der Waals surface area contributed by atoms with Crippen LogP contribution in [0.15, 0.2) is 42.5 Å². The number of benzene rings is 2. The van der Waals surface area contributed by atoms with Gasteiger partial charge in [0.05, 0.1) is 11.6 Å². The van der Waals surface area contributed by atoms with Gasteiger partial charge in [0.1, 0.15) is 0 Å². The fraction of sp³-hybridized carbons (Fsp3) is 0.263. The molecule has 0 radical (unpaired) electrons. The average Bonchev–Trinajstić information content (AvgIpc) is 3.13. The van der Waals surface area contributed by atoms with Gasteiger partial charge in [-0.2, -0.15) is 0 Å². The lowest BCUT2D eigenvalue weighted by atomic mass is 10.1. The maximum atomic E-state index is 12.1. The Hall–Kier alpha value is -3.22. The van der Waals surface area contributed by atoms with Crippen LogP contribution in [-0.4, -0.2) is 32.3 Å². The van der Waals surface area contributed by atoms with Crippen molar-refractivity contribution in [2.45, 2.75) is 13.0 Å². The van der Waals surface area contributed by atoms with E-state index in [1.807, 2.05) is 25.1 Å². The molecule has 7 heteroatoms. The van der Waals surface area contributed by atoms with Crippen LogP contribution in [0.2, 0.25) is 0 Å². The second kappa shape index (κ2) is 7.77. The molecule has 2 N–H and O–H groups in total. The first kappa shape index (κ1) is 17.6. The maximum Gasteiger partial charge on any atom is 0.340 e. The summed E-state index contributed by atoms with van der Waals surface area (Å²) >= 11 is 0. The van der Waals surface area contributed by atoms with Crippen LogP contribution in [0, 0.1) is 0 Å². The quantitative estimate of drug-likeness (QED) is 0.774. The third kappa shape index (κ3) is 3.88. The molecule has 0 fully saturated rings. The Morgan fingerprint density at radius 2 is 1.92 bits per heavy atom. The number of esters is 1. The minimum Gasteiger partial charge on any atom is -0.454 e. The van der Waals surface area contributed by atoms with Crippen molar-refractivity contribution >= 4 is 17.6 Å². The highest BCUT2D eigenvalue weighted by Crippen LogP contribution is 2.34. The van der Waals surface area contributed by atoms with E-state index in [2.05, 4.69) is 10.6 Å². The molecule has 0 unspecified atom stereocenters. The molecule has 136 valence electrons. The van der Waals surface area contributed by atoms with E-state index in [0.29, 0.717) is 22.7 Å². The van der Waals surface area contributed by atoms with Crippen molar-refractivity contribution in [1.82, 2.24) is 5.32 Å². The van der Waals surface area contributed by atoms with Gasteiger partial charge >= 0.3 is 5.97 Å². The van der Waals surface area contributed by atoms with Crippen LogP contribution in [0.3, 0.4) is 0 Å². The lowest BCUT2D eigenvalue weighted by molar-refractivity contribution is -0.124. The minimum absolute atomic E-state index is 0.198. The standard InChI is InChI=1S/C19H20N2O5/c1-12(13-7-8-16-17(9-13)26-11-25-16)21-18(22)10-24-19(23)14-5-3-4-6-15(14)20-2/h3-9,12,20H,10-11H2,1-2H3,(H,21,22)/t12-/m0/s1. The lowest BCUT2D eigenvalue weighted by Gasteiger charge is -2.15. The Balaban J connectivity index is 1.54. The van der Waals surface area contributed by atoms with Crippen molar-refractivity contribution in [2.75, 3.05) is 25.8 Å². The molecule has 1 amide bonds. The third-order valence-corrected chi connectivity index (χ3v) is 4.02. The van der Waals surface area contributed by atoms with Gasteiger partial charge < -0.3 is 24.8 Å². The van der Waals surface area contributed by atoms with Crippen LogP contribution in [0.5, 0.6) is 11.5 Å². The molecular formula is C19H20N2O5. The van der Waals surface area contributed by atoms with Crippen molar-refractivity contribution in [2.24, 2.45) is 0 Å². The molecule has 0 aromatic heterocycles. The lowest BCUT2D eigenvalue weighted by Crippen LogP contribution is -2.31. The van der Waals surface area contributed by atoms with Gasteiger partial charge in [0.15, 0.2) is 18.1 Å². The number of carbonyl (C=O) groups excluding carboxylic acids is 2. The number of fused-ring (bicyclic) bond motifs is 1. The van der Waals surface area contributed by atoms with E-state index >= 15 is 0 Å². The topological polar surface area (TPSA) is 85.9 Å². The fourth-order valence-electron chi connectivity index (χ4n) is 2.64. The van der Waals surface area contributed by atoms with Crippen LogP contribution in [0.1, 0.15) is 28.9 Å². The van der Waals surface area contributed by atoms with Gasteiger partial charge in [-0.25, -0.2) is 4.79 Å². The molecule has 0 aliphatic carbocycles. The molecule has 1 aliphatic heterocycles. The van der Waals surface area contributed by atoms with Crippen LogP contribution >= 0.6 is 0 Å². The number of para-hydroxylation sites is 1. The van der Waals surface area contributed by atoms with Crippen molar-refractivity contribution in [3.63, 3.8) is 0 Å². The summed E-state index contributed by atoms with van der Waals surface area (Å²) in [4.78, 5) is 24.2. The van der Waals surface area contributed by atoms with E-state index in [9.17, 15) is 9.59 Å². The highest BCUT2D eigenvalue weighted by molar-refractivity contribution is 5.96. The first-order chi connectivity index (χ1) is 12.6. The molecule has 2 aromatic rings. The number of rotatable bonds is 6. The largest absolute Gasteiger partial charge is 0.454 e. The molecule has 3 rings (SSSR count). The van der Waals surface area contributed by atoms with Crippen LogP contribution in [0.4, 0.5) is 5.69 Å². The molecule has 1 atom stereocenters. The van der Waals surface area contributed by atoms with Crippen LogP contribution in [-0.2, 0) is 9.53 Å². The van der Waals surface area contributed by atoms with Gasteiger partial charge in [0, 0.05) is 12.7 Å². The number of anilines is 1. The Morgan fingerprint density at radius 1 is 1.15 bits per heavy atom. The highest BCUT2D eigenvalue weighted by atomic mass is 16.7. The van der Waals surface area contributed by atoms with Crippen molar-refractivity contribution in [3.8, 4) is 11.5 Å². The first-order valence-corrected chi connectivity index (χ1v) is 8.21. The number of ether oxygens (including phenoxy) is 3. The zero-order valence-electron chi connectivity index (χ0n) is 14.6. The predicted molar refractivity (Wildman–Crippen MR) is 95.4 cm³/mol. The van der Waals surface area contributed by atoms with Crippen molar-refractivity contribution in [1.29, 1.82) is 0 Å². The van der Waals surface area contributed by atoms with Crippen molar-refractivity contribution < 1.29 is 23.8 Å². The Labute approximate surface area is 151 Å². The van der Waals surface area contributed by atoms with Gasteiger partial charge in [-0.15, -0.1) is 0 Å². The zero-order valence-corrected chi connectivity index (χ0v) is 14.6. The molecule has 1 aliphatic rings. The Morgan fingerprint density at radius 3 is 2.73 bits per heavy atom.